The van der Waals surface area contributed by atoms with Gasteiger partial charge in [0.2, 0.25) is 0 Å². The number of nitrogens with one attached hydrogen (secondary N) is 2. The Hall–Kier alpha value is -0.540. The number of ether oxygens (including phenoxy) is 2. The van der Waals surface area contributed by atoms with Crippen molar-refractivity contribution in [2.24, 2.45) is 23.5 Å². The van der Waals surface area contributed by atoms with Gasteiger partial charge in [-0.1, -0.05) is 15.9 Å². The molecule has 0 spiro atoms. The number of hydrogen-bond acceptors (Lipinski definition) is 7. The molecule has 3 heterocycles. The van der Waals surface area contributed by atoms with E-state index in [9.17, 15) is 9.59 Å². The zero-order chi connectivity index (χ0) is 15.9. The minimum Gasteiger partial charge on any atom is -0.466 e. The SMILES string of the molecule is CCOC(=O)C1CC2C(=O)C3CC(Br)CNC3OC2NC1N. The molecule has 3 aliphatic rings. The Morgan fingerprint density at radius 2 is 2.14 bits per heavy atom. The number of ketones is 1. The van der Waals surface area contributed by atoms with E-state index in [0.29, 0.717) is 13.0 Å². The fourth-order valence-electron chi connectivity index (χ4n) is 3.57. The van der Waals surface area contributed by atoms with Crippen molar-refractivity contribution in [2.45, 2.75) is 43.2 Å². The highest BCUT2D eigenvalue weighted by atomic mass is 79.9. The Labute approximate surface area is 137 Å². The first-order chi connectivity index (χ1) is 10.5. The number of fused-ring (bicyclic) bond motifs is 2. The molecule has 7 unspecified atom stereocenters. The van der Waals surface area contributed by atoms with Crippen LogP contribution in [0.1, 0.15) is 19.8 Å². The van der Waals surface area contributed by atoms with Gasteiger partial charge >= 0.3 is 5.97 Å². The first-order valence-electron chi connectivity index (χ1n) is 7.76. The second kappa shape index (κ2) is 6.52. The lowest BCUT2D eigenvalue weighted by Crippen LogP contribution is -2.68. The molecule has 124 valence electrons. The van der Waals surface area contributed by atoms with Crippen LogP contribution in [-0.2, 0) is 19.1 Å². The summed E-state index contributed by atoms with van der Waals surface area (Å²) in [7, 11) is 0. The van der Waals surface area contributed by atoms with Crippen LogP contribution in [0.2, 0.25) is 0 Å². The summed E-state index contributed by atoms with van der Waals surface area (Å²) in [5, 5.41) is 6.31. The molecule has 0 aromatic heterocycles. The van der Waals surface area contributed by atoms with Gasteiger partial charge in [0.25, 0.3) is 0 Å². The van der Waals surface area contributed by atoms with Gasteiger partial charge in [-0.2, -0.15) is 0 Å². The highest BCUT2D eigenvalue weighted by Crippen LogP contribution is 2.37. The van der Waals surface area contributed by atoms with Gasteiger partial charge in [0.05, 0.1) is 30.5 Å². The summed E-state index contributed by atoms with van der Waals surface area (Å²) in [6.07, 6.45) is -0.143. The summed E-state index contributed by atoms with van der Waals surface area (Å²) < 4.78 is 11.0. The molecule has 7 atom stereocenters. The van der Waals surface area contributed by atoms with E-state index in [2.05, 4.69) is 26.6 Å². The van der Waals surface area contributed by atoms with Crippen molar-refractivity contribution >= 4 is 27.7 Å². The highest BCUT2D eigenvalue weighted by Gasteiger charge is 2.51. The molecule has 8 heteroatoms. The molecule has 22 heavy (non-hydrogen) atoms. The maximum Gasteiger partial charge on any atom is 0.311 e. The zero-order valence-corrected chi connectivity index (χ0v) is 14.0. The molecule has 3 aliphatic heterocycles. The van der Waals surface area contributed by atoms with E-state index < -0.39 is 18.3 Å². The Morgan fingerprint density at radius 1 is 1.41 bits per heavy atom. The first kappa shape index (κ1) is 16.3. The van der Waals surface area contributed by atoms with Gasteiger partial charge in [-0.15, -0.1) is 0 Å². The third-order valence-corrected chi connectivity index (χ3v) is 5.39. The minimum atomic E-state index is -0.558. The summed E-state index contributed by atoms with van der Waals surface area (Å²) in [6.45, 7) is 2.83. The normalized spacial score (nSPS) is 44.9. The van der Waals surface area contributed by atoms with Gasteiger partial charge in [-0.05, 0) is 19.8 Å². The molecule has 3 saturated heterocycles. The molecular formula is C14H22BrN3O4. The van der Waals surface area contributed by atoms with Crippen molar-refractivity contribution in [2.75, 3.05) is 13.2 Å². The van der Waals surface area contributed by atoms with Crippen molar-refractivity contribution in [3.05, 3.63) is 0 Å². The predicted molar refractivity (Wildman–Crippen MR) is 81.8 cm³/mol. The number of hydrogen-bond donors (Lipinski definition) is 3. The smallest absolute Gasteiger partial charge is 0.311 e. The molecule has 7 nitrogen and oxygen atoms in total. The Kier molecular flexibility index (Phi) is 4.84. The van der Waals surface area contributed by atoms with Crippen LogP contribution in [-0.4, -0.2) is 48.4 Å². The van der Waals surface area contributed by atoms with Crippen LogP contribution in [0, 0.1) is 17.8 Å². The number of alkyl halides is 1. The van der Waals surface area contributed by atoms with E-state index >= 15 is 0 Å². The number of carbonyl (C=O) groups is 2. The molecule has 0 aromatic carbocycles. The Bertz CT molecular complexity index is 463. The summed E-state index contributed by atoms with van der Waals surface area (Å²) in [6, 6.07) is 0. The van der Waals surface area contributed by atoms with Crippen LogP contribution in [0.5, 0.6) is 0 Å². The standard InChI is InChI=1S/C14H22BrN3O4/c1-2-21-14(20)9-4-8-10(19)7-3-6(15)5-17-12(7)22-13(8)18-11(9)16/h6-9,11-13,17-18H,2-5,16H2,1H3. The quantitative estimate of drug-likeness (QED) is 0.449. The molecule has 0 amide bonds. The van der Waals surface area contributed by atoms with E-state index in [1.807, 2.05) is 0 Å². The third-order valence-electron chi connectivity index (χ3n) is 4.69. The molecule has 4 N–H and O–H groups in total. The lowest BCUT2D eigenvalue weighted by molar-refractivity contribution is -0.185. The van der Waals surface area contributed by atoms with E-state index in [1.165, 1.54) is 0 Å². The predicted octanol–water partition coefficient (Wildman–Crippen LogP) is -0.315. The van der Waals surface area contributed by atoms with Gasteiger partial charge in [0.15, 0.2) is 0 Å². The summed E-state index contributed by atoms with van der Waals surface area (Å²) in [5.41, 5.74) is 6.02. The fourth-order valence-corrected chi connectivity index (χ4v) is 4.16. The fraction of sp³-hybridized carbons (Fsp3) is 0.857. The van der Waals surface area contributed by atoms with E-state index in [4.69, 9.17) is 15.2 Å². The van der Waals surface area contributed by atoms with Gasteiger partial charge in [0, 0.05) is 11.4 Å². The van der Waals surface area contributed by atoms with Gasteiger partial charge in [-0.3, -0.25) is 20.2 Å². The molecule has 0 saturated carbocycles. The Balaban J connectivity index is 1.74. The number of piperidine rings is 2. The van der Waals surface area contributed by atoms with Gasteiger partial charge in [0.1, 0.15) is 18.2 Å². The maximum atomic E-state index is 12.8. The maximum absolute atomic E-state index is 12.8. The van der Waals surface area contributed by atoms with Crippen molar-refractivity contribution in [1.29, 1.82) is 0 Å². The van der Waals surface area contributed by atoms with Gasteiger partial charge in [-0.25, -0.2) is 0 Å². The molecule has 0 bridgehead atoms. The number of nitrogens with two attached hydrogens (primary N) is 1. The molecule has 3 rings (SSSR count). The van der Waals surface area contributed by atoms with E-state index in [1.54, 1.807) is 6.92 Å². The third kappa shape index (κ3) is 2.94. The van der Waals surface area contributed by atoms with Crippen molar-refractivity contribution < 1.29 is 19.1 Å². The average molecular weight is 376 g/mol. The molecule has 0 radical (unpaired) electrons. The van der Waals surface area contributed by atoms with Gasteiger partial charge < -0.3 is 15.2 Å². The second-order valence-corrected chi connectivity index (χ2v) is 7.42. The average Bonchev–Trinajstić information content (AvgIpc) is 2.48. The summed E-state index contributed by atoms with van der Waals surface area (Å²) >= 11 is 3.55. The number of esters is 1. The first-order valence-corrected chi connectivity index (χ1v) is 8.67. The van der Waals surface area contributed by atoms with Crippen LogP contribution >= 0.6 is 15.9 Å². The number of Topliss-reactive ketones (excluding diaryl/α,β-unsaturated/α-hetero) is 1. The molecule has 3 fully saturated rings. The van der Waals surface area contributed by atoms with Crippen LogP contribution in [0.3, 0.4) is 0 Å². The topological polar surface area (TPSA) is 103 Å². The van der Waals surface area contributed by atoms with Crippen LogP contribution in [0.4, 0.5) is 0 Å². The number of halogens is 1. The van der Waals surface area contributed by atoms with Crippen LogP contribution < -0.4 is 16.4 Å². The molecule has 0 aromatic rings. The minimum absolute atomic E-state index is 0.145. The lowest BCUT2D eigenvalue weighted by atomic mass is 9.76. The van der Waals surface area contributed by atoms with Crippen LogP contribution in [0.25, 0.3) is 0 Å². The van der Waals surface area contributed by atoms with E-state index in [0.717, 1.165) is 13.0 Å². The lowest BCUT2D eigenvalue weighted by Gasteiger charge is -2.48. The second-order valence-electron chi connectivity index (χ2n) is 6.12. The Morgan fingerprint density at radius 3 is 2.86 bits per heavy atom. The van der Waals surface area contributed by atoms with Crippen molar-refractivity contribution in [1.82, 2.24) is 10.6 Å². The van der Waals surface area contributed by atoms with E-state index in [-0.39, 0.29) is 34.6 Å². The summed E-state index contributed by atoms with van der Waals surface area (Å²) in [5.74, 6) is -1.25. The zero-order valence-electron chi connectivity index (χ0n) is 12.5. The number of carbonyl (C=O) groups excluding carboxylic acids is 2. The largest absolute Gasteiger partial charge is 0.466 e. The monoisotopic (exact) mass is 375 g/mol. The molecular weight excluding hydrogens is 354 g/mol. The van der Waals surface area contributed by atoms with Crippen molar-refractivity contribution in [3.8, 4) is 0 Å². The number of rotatable bonds is 2. The van der Waals surface area contributed by atoms with Crippen molar-refractivity contribution in [3.63, 3.8) is 0 Å². The summed E-state index contributed by atoms with van der Waals surface area (Å²) in [4.78, 5) is 25.1. The van der Waals surface area contributed by atoms with Crippen LogP contribution in [0.15, 0.2) is 0 Å². The molecule has 0 aliphatic carbocycles. The highest BCUT2D eigenvalue weighted by molar-refractivity contribution is 9.09.